The molecule has 0 aromatic carbocycles. The molecule has 7 heteroatoms. The summed E-state index contributed by atoms with van der Waals surface area (Å²) in [5, 5.41) is 2.72. The monoisotopic (exact) mass is 302 g/mol. The van der Waals surface area contributed by atoms with Gasteiger partial charge in [0, 0.05) is 26.7 Å². The van der Waals surface area contributed by atoms with E-state index in [4.69, 9.17) is 14.2 Å². The molecule has 1 N–H and O–H groups in total. The number of likely N-dealkylation sites (tertiary alicyclic amines) is 1. The summed E-state index contributed by atoms with van der Waals surface area (Å²) >= 11 is 0. The highest BCUT2D eigenvalue weighted by Crippen LogP contribution is 2.17. The van der Waals surface area contributed by atoms with Crippen LogP contribution in [-0.2, 0) is 14.2 Å². The third-order valence-electron chi connectivity index (χ3n) is 3.17. The zero-order valence-electron chi connectivity index (χ0n) is 13.1. The molecule has 1 heterocycles. The minimum Gasteiger partial charge on any atom is -0.447 e. The van der Waals surface area contributed by atoms with Crippen molar-refractivity contribution in [2.75, 3.05) is 40.0 Å². The zero-order chi connectivity index (χ0) is 15.7. The van der Waals surface area contributed by atoms with Gasteiger partial charge in [0.25, 0.3) is 0 Å². The minimum absolute atomic E-state index is 0.119. The van der Waals surface area contributed by atoms with Crippen molar-refractivity contribution in [3.8, 4) is 0 Å². The molecule has 7 nitrogen and oxygen atoms in total. The maximum atomic E-state index is 11.8. The van der Waals surface area contributed by atoms with Gasteiger partial charge < -0.3 is 24.4 Å². The molecule has 0 aromatic rings. The number of carbonyl (C=O) groups excluding carboxylic acids is 2. The normalized spacial score (nSPS) is 18.5. The quantitative estimate of drug-likeness (QED) is 0.754. The van der Waals surface area contributed by atoms with E-state index in [1.807, 2.05) is 13.8 Å². The number of nitrogens with zero attached hydrogens (tertiary/aromatic N) is 1. The first-order valence-corrected chi connectivity index (χ1v) is 7.38. The van der Waals surface area contributed by atoms with E-state index in [-0.39, 0.29) is 24.7 Å². The van der Waals surface area contributed by atoms with Gasteiger partial charge in [-0.05, 0) is 32.6 Å². The van der Waals surface area contributed by atoms with Gasteiger partial charge in [-0.3, -0.25) is 0 Å². The minimum atomic E-state index is -0.450. The van der Waals surface area contributed by atoms with Crippen LogP contribution in [-0.4, -0.2) is 63.1 Å². The van der Waals surface area contributed by atoms with Gasteiger partial charge in [0.05, 0.1) is 12.7 Å². The number of hydrogen-bond donors (Lipinski definition) is 1. The average molecular weight is 302 g/mol. The topological polar surface area (TPSA) is 77.1 Å². The maximum absolute atomic E-state index is 11.8. The highest BCUT2D eigenvalue weighted by Gasteiger charge is 2.25. The fourth-order valence-corrected chi connectivity index (χ4v) is 2.17. The molecule has 1 aliphatic heterocycles. The third kappa shape index (κ3) is 7.17. The Morgan fingerprint density at radius 2 is 2.10 bits per heavy atom. The Morgan fingerprint density at radius 3 is 2.76 bits per heavy atom. The second-order valence-electron chi connectivity index (χ2n) is 5.40. The van der Waals surface area contributed by atoms with E-state index in [9.17, 15) is 9.59 Å². The molecule has 1 aliphatic rings. The van der Waals surface area contributed by atoms with Crippen LogP contribution in [0.15, 0.2) is 0 Å². The van der Waals surface area contributed by atoms with Gasteiger partial charge in [0.15, 0.2) is 0 Å². The number of piperidine rings is 1. The number of nitrogens with one attached hydrogen (secondary N) is 1. The van der Waals surface area contributed by atoms with Crippen molar-refractivity contribution in [1.82, 2.24) is 10.2 Å². The first kappa shape index (κ1) is 17.6. The van der Waals surface area contributed by atoms with Gasteiger partial charge in [-0.15, -0.1) is 0 Å². The average Bonchev–Trinajstić information content (AvgIpc) is 2.45. The summed E-state index contributed by atoms with van der Waals surface area (Å²) in [6, 6.07) is 0. The molecule has 1 fully saturated rings. The van der Waals surface area contributed by atoms with Gasteiger partial charge in [0.1, 0.15) is 6.61 Å². The zero-order valence-corrected chi connectivity index (χ0v) is 13.1. The van der Waals surface area contributed by atoms with Crippen molar-refractivity contribution in [3.05, 3.63) is 0 Å². The van der Waals surface area contributed by atoms with Gasteiger partial charge in [-0.25, -0.2) is 9.59 Å². The molecule has 0 spiro atoms. The van der Waals surface area contributed by atoms with Crippen molar-refractivity contribution >= 4 is 12.2 Å². The highest BCUT2D eigenvalue weighted by atomic mass is 16.6. The lowest BCUT2D eigenvalue weighted by Gasteiger charge is -2.32. The van der Waals surface area contributed by atoms with Crippen molar-refractivity contribution in [2.24, 2.45) is 5.92 Å². The second-order valence-corrected chi connectivity index (χ2v) is 5.40. The summed E-state index contributed by atoms with van der Waals surface area (Å²) < 4.78 is 14.9. The van der Waals surface area contributed by atoms with Gasteiger partial charge >= 0.3 is 12.2 Å². The highest BCUT2D eigenvalue weighted by molar-refractivity contribution is 5.68. The lowest BCUT2D eigenvalue weighted by atomic mass is 9.98. The molecular formula is C14H26N2O5. The molecule has 122 valence electrons. The van der Waals surface area contributed by atoms with Gasteiger partial charge in [0.2, 0.25) is 0 Å². The first-order valence-electron chi connectivity index (χ1n) is 7.38. The molecule has 1 rings (SSSR count). The predicted octanol–water partition coefficient (Wildman–Crippen LogP) is 1.62. The molecule has 1 saturated heterocycles. The summed E-state index contributed by atoms with van der Waals surface area (Å²) in [4.78, 5) is 25.0. The molecule has 0 bridgehead atoms. The summed E-state index contributed by atoms with van der Waals surface area (Å²) in [6.45, 7) is 6.08. The largest absolute Gasteiger partial charge is 0.447 e. The van der Waals surface area contributed by atoms with Crippen LogP contribution in [0, 0.1) is 5.92 Å². The number of ether oxygens (including phenoxy) is 3. The smallest absolute Gasteiger partial charge is 0.410 e. The standard InChI is InChI=1S/C14H26N2O5/c1-11(2)21-14(18)16-6-4-5-12(10-16)9-15-13(17)20-8-7-19-3/h11-12H,4-10H2,1-3H3,(H,15,17). The number of rotatable bonds is 6. The molecule has 0 saturated carbocycles. The van der Waals surface area contributed by atoms with Crippen LogP contribution in [0.3, 0.4) is 0 Å². The number of methoxy groups -OCH3 is 1. The summed E-state index contributed by atoms with van der Waals surface area (Å²) in [7, 11) is 1.55. The van der Waals surface area contributed by atoms with E-state index >= 15 is 0 Å². The Hall–Kier alpha value is -1.50. The molecule has 0 radical (unpaired) electrons. The summed E-state index contributed by atoms with van der Waals surface area (Å²) in [6.07, 6.45) is 1.04. The van der Waals surface area contributed by atoms with E-state index in [1.165, 1.54) is 0 Å². The molecule has 1 unspecified atom stereocenters. The van der Waals surface area contributed by atoms with Gasteiger partial charge in [-0.2, -0.15) is 0 Å². The van der Waals surface area contributed by atoms with Crippen LogP contribution in [0.1, 0.15) is 26.7 Å². The SMILES string of the molecule is COCCOC(=O)NCC1CCCN(C(=O)OC(C)C)C1. The number of hydrogen-bond acceptors (Lipinski definition) is 5. The molecule has 21 heavy (non-hydrogen) atoms. The van der Waals surface area contributed by atoms with E-state index in [0.717, 1.165) is 12.8 Å². The van der Waals surface area contributed by atoms with E-state index in [2.05, 4.69) is 5.32 Å². The molecule has 0 aromatic heterocycles. The Kier molecular flexibility index (Phi) is 7.89. The van der Waals surface area contributed by atoms with Crippen LogP contribution < -0.4 is 5.32 Å². The summed E-state index contributed by atoms with van der Waals surface area (Å²) in [5.74, 6) is 0.230. The first-order chi connectivity index (χ1) is 10.0. The van der Waals surface area contributed by atoms with Crippen LogP contribution in [0.4, 0.5) is 9.59 Å². The summed E-state index contributed by atoms with van der Waals surface area (Å²) in [5.41, 5.74) is 0. The Labute approximate surface area is 125 Å². The van der Waals surface area contributed by atoms with Crippen molar-refractivity contribution < 1.29 is 23.8 Å². The molecular weight excluding hydrogens is 276 g/mol. The molecule has 0 aliphatic carbocycles. The predicted molar refractivity (Wildman–Crippen MR) is 77.1 cm³/mol. The fraction of sp³-hybridized carbons (Fsp3) is 0.857. The Bertz CT molecular complexity index is 335. The number of carbonyl (C=O) groups is 2. The van der Waals surface area contributed by atoms with E-state index < -0.39 is 6.09 Å². The maximum Gasteiger partial charge on any atom is 0.410 e. The Balaban J connectivity index is 2.26. The third-order valence-corrected chi connectivity index (χ3v) is 3.17. The van der Waals surface area contributed by atoms with E-state index in [1.54, 1.807) is 12.0 Å². The van der Waals surface area contributed by atoms with Crippen molar-refractivity contribution in [1.29, 1.82) is 0 Å². The van der Waals surface area contributed by atoms with Crippen molar-refractivity contribution in [2.45, 2.75) is 32.8 Å². The second kappa shape index (κ2) is 9.44. The van der Waals surface area contributed by atoms with E-state index in [0.29, 0.717) is 26.2 Å². The van der Waals surface area contributed by atoms with Crippen LogP contribution in [0.2, 0.25) is 0 Å². The van der Waals surface area contributed by atoms with Crippen molar-refractivity contribution in [3.63, 3.8) is 0 Å². The van der Waals surface area contributed by atoms with Crippen LogP contribution in [0.25, 0.3) is 0 Å². The fourth-order valence-electron chi connectivity index (χ4n) is 2.17. The molecule has 2 amide bonds. The number of alkyl carbamates (subject to hydrolysis) is 1. The Morgan fingerprint density at radius 1 is 1.33 bits per heavy atom. The van der Waals surface area contributed by atoms with Crippen LogP contribution >= 0.6 is 0 Å². The van der Waals surface area contributed by atoms with Gasteiger partial charge in [-0.1, -0.05) is 0 Å². The lowest BCUT2D eigenvalue weighted by molar-refractivity contribution is 0.0619. The lowest BCUT2D eigenvalue weighted by Crippen LogP contribution is -2.44. The molecule has 1 atom stereocenters. The van der Waals surface area contributed by atoms with Crippen LogP contribution in [0.5, 0.6) is 0 Å². The number of amides is 2.